The Labute approximate surface area is 52.3 Å². The quantitative estimate of drug-likeness (QED) is 0.485. The van der Waals surface area contributed by atoms with Crippen LogP contribution in [0.3, 0.4) is 0 Å². The van der Waals surface area contributed by atoms with Crippen LogP contribution in [-0.2, 0) is 0 Å². The molecule has 0 radical (unpaired) electrons. The molecule has 44 valence electrons. The maximum atomic E-state index is 7.26. The summed E-state index contributed by atoms with van der Waals surface area (Å²) in [6.45, 7) is 4.31. The third-order valence-corrected chi connectivity index (χ3v) is 1.39. The molecule has 1 rings (SSSR count). The standard InChI is InChI=1S/C8H12/c1-7(2)8-5-3-4-6-8/h3,5-7H,4H2,1-2H3/i3D. The fraction of sp³-hybridized carbons (Fsp3) is 0.500. The Morgan fingerprint density at radius 2 is 2.50 bits per heavy atom. The van der Waals surface area contributed by atoms with Gasteiger partial charge in [-0.1, -0.05) is 32.1 Å². The Kier molecular flexibility index (Phi) is 1.18. The lowest BCUT2D eigenvalue weighted by atomic mass is 10.1. The normalized spacial score (nSPS) is 20.6. The molecule has 0 bridgehead atoms. The molecule has 0 amide bonds. The van der Waals surface area contributed by atoms with E-state index in [9.17, 15) is 0 Å². The molecule has 0 fully saturated rings. The van der Waals surface area contributed by atoms with E-state index < -0.39 is 0 Å². The summed E-state index contributed by atoms with van der Waals surface area (Å²) in [6.07, 6.45) is 4.94. The van der Waals surface area contributed by atoms with Gasteiger partial charge >= 0.3 is 0 Å². The van der Waals surface area contributed by atoms with Crippen molar-refractivity contribution in [2.75, 3.05) is 0 Å². The van der Waals surface area contributed by atoms with Crippen LogP contribution in [0.1, 0.15) is 21.6 Å². The van der Waals surface area contributed by atoms with Gasteiger partial charge in [0, 0.05) is 0 Å². The summed E-state index contributed by atoms with van der Waals surface area (Å²) in [5.74, 6) is 0.591. The van der Waals surface area contributed by atoms with Crippen LogP contribution in [0.25, 0.3) is 0 Å². The van der Waals surface area contributed by atoms with Gasteiger partial charge in [-0.2, -0.15) is 0 Å². The van der Waals surface area contributed by atoms with Gasteiger partial charge in [-0.25, -0.2) is 0 Å². The van der Waals surface area contributed by atoms with E-state index in [1.54, 1.807) is 0 Å². The number of hydrogen-bond donors (Lipinski definition) is 0. The van der Waals surface area contributed by atoms with E-state index in [0.29, 0.717) is 5.92 Å². The Hall–Kier alpha value is -0.520. The van der Waals surface area contributed by atoms with E-state index in [0.717, 1.165) is 12.5 Å². The average Bonchev–Trinajstić information content (AvgIpc) is 2.14. The minimum atomic E-state index is 0.591. The molecule has 0 unspecified atom stereocenters. The maximum absolute atomic E-state index is 7.26. The summed E-state index contributed by atoms with van der Waals surface area (Å²) in [5, 5.41) is 0. The Balaban J connectivity index is 2.64. The molecule has 0 N–H and O–H groups in total. The molecule has 0 aromatic rings. The zero-order chi connectivity index (χ0) is 6.85. The van der Waals surface area contributed by atoms with Crippen molar-refractivity contribution in [3.05, 3.63) is 23.8 Å². The molecule has 0 heteroatoms. The first-order valence-electron chi connectivity index (χ1n) is 3.57. The molecule has 0 heterocycles. The lowest BCUT2D eigenvalue weighted by Crippen LogP contribution is -1.85. The summed E-state index contributed by atoms with van der Waals surface area (Å²) < 4.78 is 7.26. The van der Waals surface area contributed by atoms with Crippen LogP contribution in [-0.4, -0.2) is 0 Å². The first-order chi connectivity index (χ1) is 4.20. The van der Waals surface area contributed by atoms with E-state index in [-0.39, 0.29) is 0 Å². The SMILES string of the molecule is [2H]C1=CC(C(C)C)=CC1. The highest BCUT2D eigenvalue weighted by Crippen LogP contribution is 2.16. The number of hydrogen-bond acceptors (Lipinski definition) is 0. The van der Waals surface area contributed by atoms with Crippen molar-refractivity contribution >= 4 is 0 Å². The van der Waals surface area contributed by atoms with Crippen molar-refractivity contribution in [3.63, 3.8) is 0 Å². The second kappa shape index (κ2) is 2.17. The zero-order valence-electron chi connectivity index (χ0n) is 6.44. The molecule has 0 saturated heterocycles. The van der Waals surface area contributed by atoms with Gasteiger partial charge < -0.3 is 0 Å². The molecule has 0 aliphatic heterocycles. The van der Waals surface area contributed by atoms with Crippen molar-refractivity contribution < 1.29 is 1.37 Å². The molecule has 0 atom stereocenters. The molecule has 1 aliphatic rings. The van der Waals surface area contributed by atoms with Crippen LogP contribution < -0.4 is 0 Å². The average molecular weight is 109 g/mol. The smallest absolute Gasteiger partial charge is 0.0579 e. The van der Waals surface area contributed by atoms with Crippen LogP contribution in [0.15, 0.2) is 23.8 Å². The fourth-order valence-electron chi connectivity index (χ4n) is 0.815. The van der Waals surface area contributed by atoms with E-state index in [1.807, 2.05) is 6.08 Å². The summed E-state index contributed by atoms with van der Waals surface area (Å²) in [4.78, 5) is 0. The Morgan fingerprint density at radius 1 is 1.75 bits per heavy atom. The number of allylic oxidation sites excluding steroid dienone is 4. The highest BCUT2D eigenvalue weighted by molar-refractivity contribution is 5.27. The molecule has 0 saturated carbocycles. The summed E-state index contributed by atoms with van der Waals surface area (Å²) in [7, 11) is 0. The molecule has 8 heavy (non-hydrogen) atoms. The summed E-state index contributed by atoms with van der Waals surface area (Å²) in [6, 6.07) is 0.749. The second-order valence-corrected chi connectivity index (χ2v) is 2.41. The van der Waals surface area contributed by atoms with Crippen molar-refractivity contribution in [3.8, 4) is 0 Å². The lowest BCUT2D eigenvalue weighted by Gasteiger charge is -1.99. The van der Waals surface area contributed by atoms with Gasteiger partial charge in [-0.15, -0.1) is 0 Å². The van der Waals surface area contributed by atoms with Crippen LogP contribution in [0.2, 0.25) is 0 Å². The van der Waals surface area contributed by atoms with Gasteiger partial charge in [0.1, 0.15) is 0 Å². The van der Waals surface area contributed by atoms with E-state index in [1.165, 1.54) is 5.57 Å². The summed E-state index contributed by atoms with van der Waals surface area (Å²) in [5.41, 5.74) is 1.32. The minimum Gasteiger partial charge on any atom is -0.0805 e. The number of rotatable bonds is 1. The van der Waals surface area contributed by atoms with Crippen molar-refractivity contribution in [2.45, 2.75) is 20.3 Å². The lowest BCUT2D eigenvalue weighted by molar-refractivity contribution is 0.793. The Bertz CT molecular complexity index is 163. The Morgan fingerprint density at radius 3 is 2.75 bits per heavy atom. The maximum Gasteiger partial charge on any atom is 0.0579 e. The molecule has 0 nitrogen and oxygen atoms in total. The first kappa shape index (κ1) is 4.37. The van der Waals surface area contributed by atoms with Crippen LogP contribution in [0, 0.1) is 5.92 Å². The van der Waals surface area contributed by atoms with Crippen molar-refractivity contribution in [1.82, 2.24) is 0 Å². The largest absolute Gasteiger partial charge is 0.0805 e. The molecule has 0 aromatic heterocycles. The van der Waals surface area contributed by atoms with Gasteiger partial charge in [-0.05, 0) is 17.9 Å². The molecule has 0 aromatic carbocycles. The predicted molar refractivity (Wildman–Crippen MR) is 36.7 cm³/mol. The van der Waals surface area contributed by atoms with Gasteiger partial charge in [0.05, 0.1) is 1.37 Å². The van der Waals surface area contributed by atoms with E-state index >= 15 is 0 Å². The predicted octanol–water partition coefficient (Wildman–Crippen LogP) is 2.53. The minimum absolute atomic E-state index is 0.591. The van der Waals surface area contributed by atoms with Crippen LogP contribution >= 0.6 is 0 Å². The highest BCUT2D eigenvalue weighted by Gasteiger charge is 2.00. The van der Waals surface area contributed by atoms with Crippen molar-refractivity contribution in [2.24, 2.45) is 5.92 Å². The second-order valence-electron chi connectivity index (χ2n) is 2.41. The topological polar surface area (TPSA) is 0 Å². The van der Waals surface area contributed by atoms with E-state index in [2.05, 4.69) is 19.9 Å². The molecular formula is C8H12. The molecule has 1 aliphatic carbocycles. The van der Waals surface area contributed by atoms with Crippen LogP contribution in [0.4, 0.5) is 0 Å². The van der Waals surface area contributed by atoms with Crippen LogP contribution in [0.5, 0.6) is 0 Å². The fourth-order valence-corrected chi connectivity index (χ4v) is 0.815. The van der Waals surface area contributed by atoms with Gasteiger partial charge in [0.2, 0.25) is 0 Å². The molecule has 0 spiro atoms. The van der Waals surface area contributed by atoms with E-state index in [4.69, 9.17) is 1.37 Å². The third-order valence-electron chi connectivity index (χ3n) is 1.39. The van der Waals surface area contributed by atoms with Crippen molar-refractivity contribution in [1.29, 1.82) is 0 Å². The summed E-state index contributed by atoms with van der Waals surface area (Å²) >= 11 is 0. The van der Waals surface area contributed by atoms with Gasteiger partial charge in [-0.3, -0.25) is 0 Å². The third kappa shape index (κ3) is 1.00. The van der Waals surface area contributed by atoms with Gasteiger partial charge in [0.15, 0.2) is 0 Å². The highest BCUT2D eigenvalue weighted by atomic mass is 14.1. The first-order valence-corrected chi connectivity index (χ1v) is 3.07. The monoisotopic (exact) mass is 109 g/mol. The van der Waals surface area contributed by atoms with Gasteiger partial charge in [0.25, 0.3) is 0 Å². The zero-order valence-corrected chi connectivity index (χ0v) is 5.44. The molecular weight excluding hydrogens is 96.1 g/mol.